The van der Waals surface area contributed by atoms with Crippen molar-refractivity contribution in [1.29, 1.82) is 0 Å². The average molecular weight is 294 g/mol. The fourth-order valence-electron chi connectivity index (χ4n) is 3.24. The number of likely N-dealkylation sites (tertiary alicyclic amines) is 1. The number of benzene rings is 1. The van der Waals surface area contributed by atoms with Crippen LogP contribution in [-0.2, 0) is 11.2 Å². The van der Waals surface area contributed by atoms with Gasteiger partial charge in [-0.15, -0.1) is 0 Å². The Hall–Kier alpha value is -2.16. The van der Waals surface area contributed by atoms with E-state index in [9.17, 15) is 4.79 Å². The molecule has 0 spiro atoms. The first-order valence-corrected chi connectivity index (χ1v) is 7.97. The van der Waals surface area contributed by atoms with Crippen LogP contribution >= 0.6 is 0 Å². The van der Waals surface area contributed by atoms with Crippen molar-refractivity contribution in [2.75, 3.05) is 13.1 Å². The molecule has 1 aliphatic rings. The van der Waals surface area contributed by atoms with Crippen LogP contribution in [0.1, 0.15) is 25.3 Å². The fraction of sp³-hybridized carbons (Fsp3) is 0.368. The van der Waals surface area contributed by atoms with E-state index < -0.39 is 0 Å². The van der Waals surface area contributed by atoms with E-state index in [1.165, 1.54) is 17.5 Å². The maximum absolute atomic E-state index is 11.5. The molecule has 2 heterocycles. The number of pyridine rings is 1. The average Bonchev–Trinajstić information content (AvgIpc) is 2.56. The lowest BCUT2D eigenvalue weighted by atomic mass is 9.91. The third-order valence-corrected chi connectivity index (χ3v) is 4.39. The van der Waals surface area contributed by atoms with Gasteiger partial charge in [-0.25, -0.2) is 0 Å². The van der Waals surface area contributed by atoms with Gasteiger partial charge in [-0.05, 0) is 42.4 Å². The maximum Gasteiger partial charge on any atom is 0.219 e. The lowest BCUT2D eigenvalue weighted by Crippen LogP contribution is -2.39. The van der Waals surface area contributed by atoms with Gasteiger partial charge in [0.05, 0.1) is 0 Å². The minimum absolute atomic E-state index is 0.195. The Balaban J connectivity index is 1.72. The lowest BCUT2D eigenvalue weighted by Gasteiger charge is -2.32. The summed E-state index contributed by atoms with van der Waals surface area (Å²) in [6, 6.07) is 12.6. The van der Waals surface area contributed by atoms with Gasteiger partial charge >= 0.3 is 0 Å². The highest BCUT2D eigenvalue weighted by molar-refractivity contribution is 5.73. The molecule has 3 rings (SSSR count). The molecule has 1 amide bonds. The van der Waals surface area contributed by atoms with Crippen LogP contribution in [0.5, 0.6) is 0 Å². The predicted molar refractivity (Wildman–Crippen MR) is 88.4 cm³/mol. The highest BCUT2D eigenvalue weighted by atomic mass is 16.2. The largest absolute Gasteiger partial charge is 0.343 e. The summed E-state index contributed by atoms with van der Waals surface area (Å²) in [5.74, 6) is 0.742. The second kappa shape index (κ2) is 6.73. The van der Waals surface area contributed by atoms with Crippen LogP contribution in [0, 0.1) is 5.92 Å². The highest BCUT2D eigenvalue weighted by Crippen LogP contribution is 2.24. The van der Waals surface area contributed by atoms with Crippen molar-refractivity contribution in [3.8, 4) is 11.1 Å². The van der Waals surface area contributed by atoms with Crippen molar-refractivity contribution in [2.24, 2.45) is 5.92 Å². The van der Waals surface area contributed by atoms with Crippen LogP contribution in [0.15, 0.2) is 48.8 Å². The molecule has 3 heteroatoms. The number of carbonyl (C=O) groups is 1. The molecule has 0 radical (unpaired) electrons. The number of nitrogens with zero attached hydrogens (tertiary/aromatic N) is 2. The van der Waals surface area contributed by atoms with Gasteiger partial charge < -0.3 is 4.90 Å². The summed E-state index contributed by atoms with van der Waals surface area (Å²) in [7, 11) is 0. The van der Waals surface area contributed by atoms with E-state index in [1.54, 1.807) is 6.92 Å². The van der Waals surface area contributed by atoms with Gasteiger partial charge in [0, 0.05) is 38.0 Å². The third-order valence-electron chi connectivity index (χ3n) is 4.39. The van der Waals surface area contributed by atoms with Crippen LogP contribution in [0.25, 0.3) is 11.1 Å². The van der Waals surface area contributed by atoms with Crippen LogP contribution < -0.4 is 0 Å². The van der Waals surface area contributed by atoms with E-state index in [0.29, 0.717) is 5.92 Å². The Labute approximate surface area is 132 Å². The van der Waals surface area contributed by atoms with Gasteiger partial charge in [0.2, 0.25) is 5.91 Å². The van der Waals surface area contributed by atoms with Crippen molar-refractivity contribution in [3.05, 3.63) is 54.4 Å². The standard InChI is InChI=1S/C19H22N2O/c1-15(22)21-9-5-6-16(14-21)10-17-11-19(13-20-12-17)18-7-3-2-4-8-18/h2-4,7-8,11-13,16H,5-6,9-10,14H2,1H3/t16-/m0/s1. The molecule has 1 atom stereocenters. The molecule has 1 saturated heterocycles. The number of amides is 1. The van der Waals surface area contributed by atoms with E-state index in [2.05, 4.69) is 23.2 Å². The molecule has 0 N–H and O–H groups in total. The van der Waals surface area contributed by atoms with Gasteiger partial charge in [-0.1, -0.05) is 30.3 Å². The SMILES string of the molecule is CC(=O)N1CCC[C@@H](Cc2cncc(-c3ccccc3)c2)C1. The van der Waals surface area contributed by atoms with Gasteiger partial charge in [-0.2, -0.15) is 0 Å². The Morgan fingerprint density at radius 2 is 2.05 bits per heavy atom. The quantitative estimate of drug-likeness (QED) is 0.867. The number of piperidine rings is 1. The van der Waals surface area contributed by atoms with Crippen LogP contribution in [0.2, 0.25) is 0 Å². The van der Waals surface area contributed by atoms with Gasteiger partial charge in [0.15, 0.2) is 0 Å². The molecule has 0 aliphatic carbocycles. The molecule has 1 aromatic carbocycles. The highest BCUT2D eigenvalue weighted by Gasteiger charge is 2.21. The number of carbonyl (C=O) groups excluding carboxylic acids is 1. The maximum atomic E-state index is 11.5. The zero-order valence-electron chi connectivity index (χ0n) is 13.0. The monoisotopic (exact) mass is 294 g/mol. The Morgan fingerprint density at radius 3 is 2.82 bits per heavy atom. The van der Waals surface area contributed by atoms with Crippen LogP contribution in [0.4, 0.5) is 0 Å². The fourth-order valence-corrected chi connectivity index (χ4v) is 3.24. The zero-order valence-corrected chi connectivity index (χ0v) is 13.0. The predicted octanol–water partition coefficient (Wildman–Crippen LogP) is 3.55. The van der Waals surface area contributed by atoms with E-state index in [1.807, 2.05) is 35.5 Å². The zero-order chi connectivity index (χ0) is 15.4. The smallest absolute Gasteiger partial charge is 0.219 e. The van der Waals surface area contributed by atoms with Crippen LogP contribution in [0.3, 0.4) is 0 Å². The molecule has 2 aromatic rings. The molecule has 22 heavy (non-hydrogen) atoms. The topological polar surface area (TPSA) is 33.2 Å². The second-order valence-electron chi connectivity index (χ2n) is 6.13. The molecule has 1 aliphatic heterocycles. The number of hydrogen-bond donors (Lipinski definition) is 0. The number of aromatic nitrogens is 1. The third kappa shape index (κ3) is 3.53. The van der Waals surface area contributed by atoms with Crippen molar-refractivity contribution < 1.29 is 4.79 Å². The summed E-state index contributed by atoms with van der Waals surface area (Å²) in [6.07, 6.45) is 7.17. The Kier molecular flexibility index (Phi) is 4.52. The number of rotatable bonds is 3. The van der Waals surface area contributed by atoms with Crippen molar-refractivity contribution in [3.63, 3.8) is 0 Å². The van der Waals surface area contributed by atoms with E-state index in [0.717, 1.165) is 31.5 Å². The van der Waals surface area contributed by atoms with E-state index in [-0.39, 0.29) is 5.91 Å². The molecule has 1 fully saturated rings. The Bertz CT molecular complexity index is 639. The van der Waals surface area contributed by atoms with Gasteiger partial charge in [0.1, 0.15) is 0 Å². The summed E-state index contributed by atoms with van der Waals surface area (Å²) >= 11 is 0. The first-order valence-electron chi connectivity index (χ1n) is 7.97. The summed E-state index contributed by atoms with van der Waals surface area (Å²) in [5.41, 5.74) is 3.62. The van der Waals surface area contributed by atoms with Crippen molar-refractivity contribution in [2.45, 2.75) is 26.2 Å². The molecule has 1 aromatic heterocycles. The summed E-state index contributed by atoms with van der Waals surface area (Å²) in [6.45, 7) is 3.46. The van der Waals surface area contributed by atoms with Crippen molar-refractivity contribution in [1.82, 2.24) is 9.88 Å². The molecular weight excluding hydrogens is 272 g/mol. The molecule has 114 valence electrons. The van der Waals surface area contributed by atoms with E-state index in [4.69, 9.17) is 0 Å². The first-order chi connectivity index (χ1) is 10.7. The Morgan fingerprint density at radius 1 is 1.23 bits per heavy atom. The minimum atomic E-state index is 0.195. The van der Waals surface area contributed by atoms with Crippen LogP contribution in [-0.4, -0.2) is 28.9 Å². The first kappa shape index (κ1) is 14.8. The minimum Gasteiger partial charge on any atom is -0.343 e. The molecule has 0 unspecified atom stereocenters. The molecule has 0 saturated carbocycles. The van der Waals surface area contributed by atoms with E-state index >= 15 is 0 Å². The van der Waals surface area contributed by atoms with Crippen molar-refractivity contribution >= 4 is 5.91 Å². The lowest BCUT2D eigenvalue weighted by molar-refractivity contribution is -0.130. The summed E-state index contributed by atoms with van der Waals surface area (Å²) < 4.78 is 0. The molecule has 0 bridgehead atoms. The normalized spacial score (nSPS) is 18.2. The summed E-state index contributed by atoms with van der Waals surface area (Å²) in [5, 5.41) is 0. The number of hydrogen-bond acceptors (Lipinski definition) is 2. The molecular formula is C19H22N2O. The second-order valence-corrected chi connectivity index (χ2v) is 6.13. The summed E-state index contributed by atoms with van der Waals surface area (Å²) in [4.78, 5) is 17.9. The van der Waals surface area contributed by atoms with Gasteiger partial charge in [0.25, 0.3) is 0 Å². The van der Waals surface area contributed by atoms with Gasteiger partial charge in [-0.3, -0.25) is 9.78 Å². The molecule has 3 nitrogen and oxygen atoms in total.